The first-order valence-electron chi connectivity index (χ1n) is 13.4. The van der Waals surface area contributed by atoms with Crippen molar-refractivity contribution in [3.05, 3.63) is 139 Å². The lowest BCUT2D eigenvalue weighted by Gasteiger charge is -2.09. The van der Waals surface area contributed by atoms with Gasteiger partial charge in [-0.2, -0.15) is 0 Å². The summed E-state index contributed by atoms with van der Waals surface area (Å²) in [6.45, 7) is 2.13. The van der Waals surface area contributed by atoms with E-state index in [0.717, 1.165) is 44.2 Å². The maximum absolute atomic E-state index is 6.70. The van der Waals surface area contributed by atoms with Gasteiger partial charge >= 0.3 is 0 Å². The molecule has 6 aromatic carbocycles. The van der Waals surface area contributed by atoms with Gasteiger partial charge in [-0.1, -0.05) is 109 Å². The van der Waals surface area contributed by atoms with Crippen LogP contribution in [-0.4, -0.2) is 4.57 Å². The van der Waals surface area contributed by atoms with Gasteiger partial charge in [-0.15, -0.1) is 0 Å². The number of furan rings is 1. The van der Waals surface area contributed by atoms with Gasteiger partial charge in [0.2, 0.25) is 0 Å². The van der Waals surface area contributed by atoms with Gasteiger partial charge in [0.25, 0.3) is 0 Å². The molecule has 0 spiro atoms. The average molecular weight is 500 g/mol. The molecule has 2 heteroatoms. The van der Waals surface area contributed by atoms with Gasteiger partial charge in [0.1, 0.15) is 11.2 Å². The average Bonchev–Trinajstić information content (AvgIpc) is 3.54. The van der Waals surface area contributed by atoms with Crippen molar-refractivity contribution < 1.29 is 4.42 Å². The summed E-state index contributed by atoms with van der Waals surface area (Å²) in [6, 6.07) is 47.6. The molecule has 8 aromatic rings. The Hall–Kier alpha value is -5.08. The van der Waals surface area contributed by atoms with E-state index in [1.54, 1.807) is 0 Å². The van der Waals surface area contributed by atoms with Crippen molar-refractivity contribution >= 4 is 43.7 Å². The third kappa shape index (κ3) is 3.35. The second kappa shape index (κ2) is 8.47. The molecule has 2 aromatic heterocycles. The first kappa shape index (κ1) is 22.0. The first-order valence-corrected chi connectivity index (χ1v) is 13.4. The minimum absolute atomic E-state index is 0.928. The number of hydrogen-bond acceptors (Lipinski definition) is 1. The van der Waals surface area contributed by atoms with Gasteiger partial charge in [-0.3, -0.25) is 0 Å². The van der Waals surface area contributed by atoms with E-state index in [1.807, 2.05) is 6.07 Å². The van der Waals surface area contributed by atoms with Crippen molar-refractivity contribution in [1.29, 1.82) is 0 Å². The monoisotopic (exact) mass is 499 g/mol. The fourth-order valence-corrected chi connectivity index (χ4v) is 6.01. The van der Waals surface area contributed by atoms with E-state index < -0.39 is 0 Å². The summed E-state index contributed by atoms with van der Waals surface area (Å²) in [5.41, 5.74) is 11.2. The zero-order chi connectivity index (χ0) is 25.9. The summed E-state index contributed by atoms with van der Waals surface area (Å²) in [7, 11) is 0. The third-order valence-corrected chi connectivity index (χ3v) is 7.88. The number of fused-ring (bicyclic) bond motifs is 6. The number of rotatable bonds is 3. The van der Waals surface area contributed by atoms with Crippen molar-refractivity contribution in [1.82, 2.24) is 4.57 Å². The van der Waals surface area contributed by atoms with E-state index in [0.29, 0.717) is 0 Å². The molecule has 8 rings (SSSR count). The van der Waals surface area contributed by atoms with E-state index in [1.165, 1.54) is 33.1 Å². The molecule has 0 aliphatic heterocycles. The predicted molar refractivity (Wildman–Crippen MR) is 164 cm³/mol. The Balaban J connectivity index is 1.37. The molecule has 0 atom stereocenters. The smallest absolute Gasteiger partial charge is 0.143 e. The number of benzene rings is 6. The molecule has 184 valence electrons. The first-order chi connectivity index (χ1) is 19.3. The summed E-state index contributed by atoms with van der Waals surface area (Å²) >= 11 is 0. The molecule has 2 nitrogen and oxygen atoms in total. The summed E-state index contributed by atoms with van der Waals surface area (Å²) in [5, 5.41) is 4.77. The summed E-state index contributed by atoms with van der Waals surface area (Å²) in [6.07, 6.45) is 0. The zero-order valence-corrected chi connectivity index (χ0v) is 21.6. The fourth-order valence-electron chi connectivity index (χ4n) is 6.01. The molecule has 0 aliphatic carbocycles. The van der Waals surface area contributed by atoms with Crippen LogP contribution < -0.4 is 0 Å². The molecule has 0 fully saturated rings. The van der Waals surface area contributed by atoms with Gasteiger partial charge in [-0.05, 0) is 48.4 Å². The normalized spacial score (nSPS) is 11.7. The van der Waals surface area contributed by atoms with E-state index in [-0.39, 0.29) is 0 Å². The number of aromatic nitrogens is 1. The Morgan fingerprint density at radius 2 is 1.08 bits per heavy atom. The maximum atomic E-state index is 6.70. The van der Waals surface area contributed by atoms with Crippen LogP contribution in [0, 0.1) is 6.92 Å². The molecule has 0 unspecified atom stereocenters. The van der Waals surface area contributed by atoms with Crippen LogP contribution in [0.3, 0.4) is 0 Å². The summed E-state index contributed by atoms with van der Waals surface area (Å²) < 4.78 is 9.07. The van der Waals surface area contributed by atoms with Gasteiger partial charge < -0.3 is 8.98 Å². The van der Waals surface area contributed by atoms with Crippen LogP contribution >= 0.6 is 0 Å². The number of nitrogens with zero attached hydrogens (tertiary/aromatic N) is 1. The predicted octanol–water partition coefficient (Wildman–Crippen LogP) is 10.3. The third-order valence-electron chi connectivity index (χ3n) is 7.88. The summed E-state index contributed by atoms with van der Waals surface area (Å²) in [4.78, 5) is 0. The molecular formula is C37H25NO. The Morgan fingerprint density at radius 3 is 1.82 bits per heavy atom. The van der Waals surface area contributed by atoms with Crippen molar-refractivity contribution in [2.24, 2.45) is 0 Å². The van der Waals surface area contributed by atoms with Crippen molar-refractivity contribution in [2.75, 3.05) is 0 Å². The van der Waals surface area contributed by atoms with Gasteiger partial charge in [0.15, 0.2) is 0 Å². The summed E-state index contributed by atoms with van der Waals surface area (Å²) in [5.74, 6) is 0. The zero-order valence-electron chi connectivity index (χ0n) is 21.6. The highest BCUT2D eigenvalue weighted by Gasteiger charge is 2.17. The van der Waals surface area contributed by atoms with E-state index in [4.69, 9.17) is 4.42 Å². The molecular weight excluding hydrogens is 474 g/mol. The van der Waals surface area contributed by atoms with Crippen LogP contribution in [0.2, 0.25) is 0 Å². The second-order valence-corrected chi connectivity index (χ2v) is 10.3. The molecule has 0 radical (unpaired) electrons. The maximum Gasteiger partial charge on any atom is 0.143 e. The van der Waals surface area contributed by atoms with Gasteiger partial charge in [0.05, 0.1) is 11.0 Å². The standard InChI is InChI=1S/C37H25NO/c1-24-17-20-27(21-18-24)38-34-16-6-5-11-30(34)33-23-26(19-22-35(33)38)29-13-8-15-32-31-14-7-12-28(36(31)39-37(29)32)25-9-3-2-4-10-25/h2-23H,1H3. The van der Waals surface area contributed by atoms with Crippen LogP contribution in [-0.2, 0) is 0 Å². The van der Waals surface area contributed by atoms with E-state index >= 15 is 0 Å². The van der Waals surface area contributed by atoms with E-state index in [2.05, 4.69) is 139 Å². The Labute approximate surface area is 226 Å². The minimum Gasteiger partial charge on any atom is -0.455 e. The Kier molecular flexibility index (Phi) is 4.77. The van der Waals surface area contributed by atoms with Crippen LogP contribution in [0.5, 0.6) is 0 Å². The van der Waals surface area contributed by atoms with Crippen LogP contribution in [0.25, 0.3) is 71.7 Å². The molecule has 0 aliphatic rings. The number of aryl methyl sites for hydroxylation is 1. The van der Waals surface area contributed by atoms with Crippen LogP contribution in [0.4, 0.5) is 0 Å². The largest absolute Gasteiger partial charge is 0.455 e. The molecule has 0 bridgehead atoms. The van der Waals surface area contributed by atoms with Crippen LogP contribution in [0.1, 0.15) is 5.56 Å². The molecule has 2 heterocycles. The van der Waals surface area contributed by atoms with Crippen molar-refractivity contribution in [3.8, 4) is 27.9 Å². The van der Waals surface area contributed by atoms with Crippen molar-refractivity contribution in [3.63, 3.8) is 0 Å². The highest BCUT2D eigenvalue weighted by atomic mass is 16.3. The quantitative estimate of drug-likeness (QED) is 0.236. The highest BCUT2D eigenvalue weighted by Crippen LogP contribution is 2.41. The molecule has 0 N–H and O–H groups in total. The molecule has 39 heavy (non-hydrogen) atoms. The molecule has 0 saturated carbocycles. The SMILES string of the molecule is Cc1ccc(-n2c3ccccc3c3cc(-c4cccc5c4oc4c(-c6ccccc6)cccc45)ccc32)cc1. The fraction of sp³-hybridized carbons (Fsp3) is 0.0270. The van der Waals surface area contributed by atoms with Crippen LogP contribution in [0.15, 0.2) is 138 Å². The van der Waals surface area contributed by atoms with Gasteiger partial charge in [0, 0.05) is 38.4 Å². The molecule has 0 saturated heterocycles. The lowest BCUT2D eigenvalue weighted by atomic mass is 9.99. The topological polar surface area (TPSA) is 18.1 Å². The number of para-hydroxylation sites is 3. The van der Waals surface area contributed by atoms with Crippen molar-refractivity contribution in [2.45, 2.75) is 6.92 Å². The Morgan fingerprint density at radius 1 is 0.462 bits per heavy atom. The number of hydrogen-bond donors (Lipinski definition) is 0. The molecule has 0 amide bonds. The minimum atomic E-state index is 0.928. The lowest BCUT2D eigenvalue weighted by molar-refractivity contribution is 0.671. The Bertz CT molecular complexity index is 2160. The lowest BCUT2D eigenvalue weighted by Crippen LogP contribution is -1.93. The second-order valence-electron chi connectivity index (χ2n) is 10.3. The van der Waals surface area contributed by atoms with Gasteiger partial charge in [-0.25, -0.2) is 0 Å². The van der Waals surface area contributed by atoms with E-state index in [9.17, 15) is 0 Å². The highest BCUT2D eigenvalue weighted by molar-refractivity contribution is 6.15.